The van der Waals surface area contributed by atoms with Crippen molar-refractivity contribution in [3.05, 3.63) is 66.2 Å². The molecule has 38 heavy (non-hydrogen) atoms. The van der Waals surface area contributed by atoms with Gasteiger partial charge in [0.25, 0.3) is 5.91 Å². The van der Waals surface area contributed by atoms with Gasteiger partial charge in [0.15, 0.2) is 0 Å². The Morgan fingerprint density at radius 3 is 2.37 bits per heavy atom. The third-order valence-electron chi connectivity index (χ3n) is 5.59. The second kappa shape index (κ2) is 14.2. The van der Waals surface area contributed by atoms with Crippen molar-refractivity contribution < 1.29 is 29.0 Å². The fourth-order valence-corrected chi connectivity index (χ4v) is 3.74. The fraction of sp³-hybridized carbons (Fsp3) is 0.414. The van der Waals surface area contributed by atoms with Gasteiger partial charge in [0.2, 0.25) is 5.91 Å². The van der Waals surface area contributed by atoms with E-state index in [2.05, 4.69) is 17.2 Å². The molecule has 0 aromatic heterocycles. The number of hydrogen-bond acceptors (Lipinski definition) is 6. The number of alkyl carbamates (subject to hydrolysis) is 1. The monoisotopic (exact) mass is 525 g/mol. The van der Waals surface area contributed by atoms with Crippen molar-refractivity contribution in [3.8, 4) is 5.75 Å². The molecule has 206 valence electrons. The summed E-state index contributed by atoms with van der Waals surface area (Å²) in [4.78, 5) is 41.3. The van der Waals surface area contributed by atoms with Crippen molar-refractivity contribution in [3.63, 3.8) is 0 Å². The number of aliphatic hydroxyl groups is 1. The summed E-state index contributed by atoms with van der Waals surface area (Å²) in [6, 6.07) is 11.6. The summed E-state index contributed by atoms with van der Waals surface area (Å²) < 4.78 is 10.5. The van der Waals surface area contributed by atoms with Gasteiger partial charge in [-0.1, -0.05) is 44.2 Å². The van der Waals surface area contributed by atoms with Crippen molar-refractivity contribution >= 4 is 29.7 Å². The van der Waals surface area contributed by atoms with E-state index in [1.165, 1.54) is 4.90 Å². The van der Waals surface area contributed by atoms with Crippen LogP contribution in [0, 0.1) is 0 Å². The predicted molar refractivity (Wildman–Crippen MR) is 148 cm³/mol. The molecular weight excluding hydrogens is 486 g/mol. The second-order valence-corrected chi connectivity index (χ2v) is 9.76. The van der Waals surface area contributed by atoms with Crippen LogP contribution in [0.5, 0.6) is 5.75 Å². The van der Waals surface area contributed by atoms with Gasteiger partial charge in [-0.25, -0.2) is 4.79 Å². The fourth-order valence-electron chi connectivity index (χ4n) is 3.74. The van der Waals surface area contributed by atoms with Crippen molar-refractivity contribution in [1.29, 1.82) is 0 Å². The van der Waals surface area contributed by atoms with Crippen LogP contribution >= 0.6 is 0 Å². The van der Waals surface area contributed by atoms with E-state index in [0.29, 0.717) is 23.4 Å². The number of carbonyl (C=O) groups excluding carboxylic acids is 3. The third kappa shape index (κ3) is 8.92. The maximum atomic E-state index is 13.8. The van der Waals surface area contributed by atoms with Gasteiger partial charge in [0.1, 0.15) is 23.4 Å². The minimum atomic E-state index is -1.31. The summed E-state index contributed by atoms with van der Waals surface area (Å²) in [6.45, 7) is 10.4. The van der Waals surface area contributed by atoms with Crippen LogP contribution in [-0.4, -0.2) is 59.8 Å². The lowest BCUT2D eigenvalue weighted by Crippen LogP contribution is -2.54. The first-order valence-electron chi connectivity index (χ1n) is 12.6. The van der Waals surface area contributed by atoms with Gasteiger partial charge in [-0.05, 0) is 68.7 Å². The zero-order valence-electron chi connectivity index (χ0n) is 22.8. The molecule has 0 saturated carbocycles. The van der Waals surface area contributed by atoms with Crippen LogP contribution in [0.4, 0.5) is 10.5 Å². The van der Waals surface area contributed by atoms with Gasteiger partial charge < -0.3 is 30.1 Å². The zero-order chi connectivity index (χ0) is 28.3. The number of ether oxygens (including phenoxy) is 2. The van der Waals surface area contributed by atoms with Crippen LogP contribution in [-0.2, 0) is 14.3 Å². The van der Waals surface area contributed by atoms with Crippen LogP contribution in [0.25, 0.3) is 6.08 Å². The number of rotatable bonds is 12. The minimum Gasteiger partial charge on any atom is -0.497 e. The summed E-state index contributed by atoms with van der Waals surface area (Å²) in [6.07, 6.45) is 2.17. The SMILES string of the molecule is C=Cc1cccc(C(C(=O)Nc2ccc(OC)cc2)N(CCCC)C(=O)C(CO)NC(=O)OC(C)(C)C)c1. The number of aliphatic hydroxyl groups excluding tert-OH is 1. The van der Waals surface area contributed by atoms with Crippen LogP contribution in [0.2, 0.25) is 0 Å². The molecule has 2 aromatic carbocycles. The molecule has 0 aliphatic heterocycles. The molecule has 9 heteroatoms. The Morgan fingerprint density at radius 2 is 1.82 bits per heavy atom. The molecule has 2 unspecified atom stereocenters. The van der Waals surface area contributed by atoms with E-state index in [-0.39, 0.29) is 6.54 Å². The number of benzene rings is 2. The Balaban J connectivity index is 2.48. The van der Waals surface area contributed by atoms with E-state index < -0.39 is 42.2 Å². The van der Waals surface area contributed by atoms with E-state index in [1.807, 2.05) is 13.0 Å². The van der Waals surface area contributed by atoms with Crippen molar-refractivity contribution in [2.75, 3.05) is 25.6 Å². The number of anilines is 1. The summed E-state index contributed by atoms with van der Waals surface area (Å²) >= 11 is 0. The molecule has 0 bridgehead atoms. The third-order valence-corrected chi connectivity index (χ3v) is 5.59. The average Bonchev–Trinajstić information content (AvgIpc) is 2.88. The van der Waals surface area contributed by atoms with Crippen LogP contribution in [0.1, 0.15) is 57.7 Å². The zero-order valence-corrected chi connectivity index (χ0v) is 22.8. The molecule has 2 aromatic rings. The molecule has 3 N–H and O–H groups in total. The Kier molecular flexibility index (Phi) is 11.3. The van der Waals surface area contributed by atoms with Crippen molar-refractivity contribution in [2.24, 2.45) is 0 Å². The Morgan fingerprint density at radius 1 is 1.13 bits per heavy atom. The first-order chi connectivity index (χ1) is 18.0. The van der Waals surface area contributed by atoms with Gasteiger partial charge in [-0.15, -0.1) is 0 Å². The van der Waals surface area contributed by atoms with E-state index in [4.69, 9.17) is 9.47 Å². The number of carbonyl (C=O) groups is 3. The van der Waals surface area contributed by atoms with E-state index >= 15 is 0 Å². The van der Waals surface area contributed by atoms with E-state index in [1.54, 1.807) is 76.4 Å². The number of nitrogens with one attached hydrogen (secondary N) is 2. The molecule has 2 rings (SSSR count). The molecule has 0 radical (unpaired) electrons. The Hall–Kier alpha value is -3.85. The molecule has 3 amide bonds. The van der Waals surface area contributed by atoms with Gasteiger partial charge >= 0.3 is 6.09 Å². The van der Waals surface area contributed by atoms with Crippen molar-refractivity contribution in [2.45, 2.75) is 58.2 Å². The van der Waals surface area contributed by atoms with E-state index in [9.17, 15) is 19.5 Å². The number of amides is 3. The number of unbranched alkanes of at least 4 members (excludes halogenated alkanes) is 1. The van der Waals surface area contributed by atoms with Gasteiger partial charge in [0.05, 0.1) is 13.7 Å². The molecule has 2 atom stereocenters. The highest BCUT2D eigenvalue weighted by molar-refractivity contribution is 5.99. The predicted octanol–water partition coefficient (Wildman–Crippen LogP) is 4.53. The molecule has 9 nitrogen and oxygen atoms in total. The van der Waals surface area contributed by atoms with Gasteiger partial charge in [-0.2, -0.15) is 0 Å². The number of hydrogen-bond donors (Lipinski definition) is 3. The largest absolute Gasteiger partial charge is 0.497 e. The summed E-state index contributed by atoms with van der Waals surface area (Å²) in [7, 11) is 1.55. The highest BCUT2D eigenvalue weighted by Crippen LogP contribution is 2.27. The summed E-state index contributed by atoms with van der Waals surface area (Å²) in [5.74, 6) is -0.419. The minimum absolute atomic E-state index is 0.223. The second-order valence-electron chi connectivity index (χ2n) is 9.76. The number of methoxy groups -OCH3 is 1. The molecule has 0 fully saturated rings. The van der Waals surface area contributed by atoms with Gasteiger partial charge in [0, 0.05) is 12.2 Å². The molecule has 0 aliphatic rings. The maximum absolute atomic E-state index is 13.8. The molecule has 0 saturated heterocycles. The lowest BCUT2D eigenvalue weighted by atomic mass is 10.00. The molecular formula is C29H39N3O6. The molecule has 0 heterocycles. The number of nitrogens with zero attached hydrogens (tertiary/aromatic N) is 1. The quantitative estimate of drug-likeness (QED) is 0.375. The average molecular weight is 526 g/mol. The van der Waals surface area contributed by atoms with Crippen LogP contribution in [0.3, 0.4) is 0 Å². The summed E-state index contributed by atoms with van der Waals surface area (Å²) in [5, 5.41) is 15.4. The Labute approximate surface area is 224 Å². The smallest absolute Gasteiger partial charge is 0.408 e. The van der Waals surface area contributed by atoms with Gasteiger partial charge in [-0.3, -0.25) is 9.59 Å². The maximum Gasteiger partial charge on any atom is 0.408 e. The summed E-state index contributed by atoms with van der Waals surface area (Å²) in [5.41, 5.74) is 1.07. The normalized spacial score (nSPS) is 12.6. The topological polar surface area (TPSA) is 117 Å². The Bertz CT molecular complexity index is 1090. The lowest BCUT2D eigenvalue weighted by Gasteiger charge is -2.34. The van der Waals surface area contributed by atoms with Crippen molar-refractivity contribution in [1.82, 2.24) is 10.2 Å². The van der Waals surface area contributed by atoms with Crippen LogP contribution < -0.4 is 15.4 Å². The first kappa shape index (κ1) is 30.4. The highest BCUT2D eigenvalue weighted by atomic mass is 16.6. The first-order valence-corrected chi connectivity index (χ1v) is 12.6. The molecule has 0 spiro atoms. The molecule has 0 aliphatic carbocycles. The van der Waals surface area contributed by atoms with E-state index in [0.717, 1.165) is 12.0 Å². The highest BCUT2D eigenvalue weighted by Gasteiger charge is 2.36. The van der Waals surface area contributed by atoms with Crippen LogP contribution in [0.15, 0.2) is 55.1 Å². The standard InChI is InChI=1S/C29H39N3O6/c1-7-9-17-32(27(35)24(19-33)31-28(36)38-29(3,4)5)25(21-12-10-11-20(8-2)18-21)26(34)30-22-13-15-23(37-6)16-14-22/h8,10-16,18,24-25,33H,2,7,9,17,19H2,1,3-6H3,(H,30,34)(H,31,36). The lowest BCUT2D eigenvalue weighted by molar-refractivity contribution is -0.141.